The second kappa shape index (κ2) is 7.41. The van der Waals surface area contributed by atoms with Crippen LogP contribution in [0.25, 0.3) is 0 Å². The molecule has 0 spiro atoms. The number of ether oxygens (including phenoxy) is 1. The molecule has 5 heteroatoms. The van der Waals surface area contributed by atoms with Gasteiger partial charge in [-0.15, -0.1) is 0 Å². The molecule has 1 aromatic rings. The van der Waals surface area contributed by atoms with Crippen LogP contribution in [0.4, 0.5) is 5.69 Å². The predicted octanol–water partition coefficient (Wildman–Crippen LogP) is 3.60. The van der Waals surface area contributed by atoms with Crippen LogP contribution in [0.15, 0.2) is 34.8 Å². The lowest BCUT2D eigenvalue weighted by atomic mass is 9.95. The van der Waals surface area contributed by atoms with Gasteiger partial charge in [-0.1, -0.05) is 34.1 Å². The van der Waals surface area contributed by atoms with Gasteiger partial charge in [0, 0.05) is 10.2 Å². The standard InChI is InChI=1S/C16H18BrNO3/c1-11-7-8-13(9-14(11)17)18-15(19)10-21-16(20)12-5-3-2-4-6-12/h2-3,7-9,12H,4-6,10H2,1H3,(H,18,19)/t12-/m0/s1. The minimum absolute atomic E-state index is 0.115. The molecule has 21 heavy (non-hydrogen) atoms. The second-order valence-electron chi connectivity index (χ2n) is 5.10. The third-order valence-corrected chi connectivity index (χ3v) is 4.26. The molecule has 1 aromatic carbocycles. The number of carbonyl (C=O) groups excluding carboxylic acids is 2. The fraction of sp³-hybridized carbons (Fsp3) is 0.375. The highest BCUT2D eigenvalue weighted by Gasteiger charge is 2.20. The highest BCUT2D eigenvalue weighted by molar-refractivity contribution is 9.10. The maximum absolute atomic E-state index is 11.8. The van der Waals surface area contributed by atoms with Crippen LogP contribution in [0.3, 0.4) is 0 Å². The van der Waals surface area contributed by atoms with E-state index in [4.69, 9.17) is 4.74 Å². The minimum Gasteiger partial charge on any atom is -0.455 e. The van der Waals surface area contributed by atoms with Crippen molar-refractivity contribution in [2.75, 3.05) is 11.9 Å². The van der Waals surface area contributed by atoms with Gasteiger partial charge in [0.15, 0.2) is 6.61 Å². The Morgan fingerprint density at radius 1 is 1.38 bits per heavy atom. The summed E-state index contributed by atoms with van der Waals surface area (Å²) >= 11 is 3.41. The number of esters is 1. The Morgan fingerprint density at radius 3 is 2.86 bits per heavy atom. The van der Waals surface area contributed by atoms with E-state index in [9.17, 15) is 9.59 Å². The Balaban J connectivity index is 1.80. The van der Waals surface area contributed by atoms with E-state index in [2.05, 4.69) is 27.3 Å². The number of hydrogen-bond donors (Lipinski definition) is 1. The van der Waals surface area contributed by atoms with E-state index >= 15 is 0 Å². The Kier molecular flexibility index (Phi) is 5.56. The summed E-state index contributed by atoms with van der Waals surface area (Å²) < 4.78 is 6.00. The van der Waals surface area contributed by atoms with Crippen molar-refractivity contribution in [3.05, 3.63) is 40.4 Å². The average Bonchev–Trinajstić information content (AvgIpc) is 2.49. The van der Waals surface area contributed by atoms with Crippen molar-refractivity contribution in [2.24, 2.45) is 5.92 Å². The summed E-state index contributed by atoms with van der Waals surface area (Å²) in [4.78, 5) is 23.6. The van der Waals surface area contributed by atoms with Crippen molar-refractivity contribution in [1.29, 1.82) is 0 Å². The number of allylic oxidation sites excluding steroid dienone is 2. The van der Waals surface area contributed by atoms with Crippen LogP contribution >= 0.6 is 15.9 Å². The number of benzene rings is 1. The van der Waals surface area contributed by atoms with Gasteiger partial charge in [0.2, 0.25) is 0 Å². The molecule has 0 radical (unpaired) electrons. The fourth-order valence-electron chi connectivity index (χ4n) is 2.13. The zero-order valence-corrected chi connectivity index (χ0v) is 13.5. The van der Waals surface area contributed by atoms with Crippen molar-refractivity contribution in [3.63, 3.8) is 0 Å². The molecule has 2 rings (SSSR count). The lowest BCUT2D eigenvalue weighted by Crippen LogP contribution is -2.25. The van der Waals surface area contributed by atoms with Crippen molar-refractivity contribution >= 4 is 33.5 Å². The van der Waals surface area contributed by atoms with Crippen molar-refractivity contribution in [2.45, 2.75) is 26.2 Å². The van der Waals surface area contributed by atoms with Crippen molar-refractivity contribution < 1.29 is 14.3 Å². The van der Waals surface area contributed by atoms with Crippen LogP contribution in [0.2, 0.25) is 0 Å². The lowest BCUT2D eigenvalue weighted by Gasteiger charge is -2.16. The van der Waals surface area contributed by atoms with Crippen LogP contribution in [0.5, 0.6) is 0 Å². The Morgan fingerprint density at radius 2 is 2.19 bits per heavy atom. The van der Waals surface area contributed by atoms with Crippen LogP contribution in [0, 0.1) is 12.8 Å². The van der Waals surface area contributed by atoms with Crippen LogP contribution in [0.1, 0.15) is 24.8 Å². The Labute approximate surface area is 132 Å². The summed E-state index contributed by atoms with van der Waals surface area (Å²) in [5, 5.41) is 2.71. The molecule has 112 valence electrons. The van der Waals surface area contributed by atoms with E-state index in [0.29, 0.717) is 12.1 Å². The number of halogens is 1. The molecule has 0 aromatic heterocycles. The molecule has 1 N–H and O–H groups in total. The zero-order chi connectivity index (χ0) is 15.2. The first kappa shape index (κ1) is 15.8. The number of anilines is 1. The largest absolute Gasteiger partial charge is 0.455 e. The van der Waals surface area contributed by atoms with Gasteiger partial charge in [0.25, 0.3) is 5.91 Å². The molecule has 0 aliphatic heterocycles. The van der Waals surface area contributed by atoms with Gasteiger partial charge in [-0.2, -0.15) is 0 Å². The minimum atomic E-state index is -0.328. The smallest absolute Gasteiger partial charge is 0.309 e. The third-order valence-electron chi connectivity index (χ3n) is 3.40. The lowest BCUT2D eigenvalue weighted by molar-refractivity contribution is -0.151. The quantitative estimate of drug-likeness (QED) is 0.666. The first-order chi connectivity index (χ1) is 10.1. The van der Waals surface area contributed by atoms with Gasteiger partial charge in [0.05, 0.1) is 5.92 Å². The Hall–Kier alpha value is -1.62. The molecule has 0 bridgehead atoms. The molecule has 1 atom stereocenters. The van der Waals surface area contributed by atoms with Crippen LogP contribution in [-0.4, -0.2) is 18.5 Å². The molecule has 1 aliphatic carbocycles. The summed E-state index contributed by atoms with van der Waals surface area (Å²) in [7, 11) is 0. The van der Waals surface area contributed by atoms with Gasteiger partial charge in [-0.05, 0) is 43.9 Å². The number of amides is 1. The van der Waals surface area contributed by atoms with Gasteiger partial charge in [-0.25, -0.2) is 0 Å². The predicted molar refractivity (Wildman–Crippen MR) is 84.9 cm³/mol. The summed E-state index contributed by atoms with van der Waals surface area (Å²) in [6.07, 6.45) is 6.43. The van der Waals surface area contributed by atoms with Crippen molar-refractivity contribution in [3.8, 4) is 0 Å². The number of aryl methyl sites for hydroxylation is 1. The number of rotatable bonds is 4. The van der Waals surface area contributed by atoms with E-state index in [1.54, 1.807) is 0 Å². The summed E-state index contributed by atoms with van der Waals surface area (Å²) in [6, 6.07) is 5.53. The molecular weight excluding hydrogens is 334 g/mol. The first-order valence-electron chi connectivity index (χ1n) is 6.94. The summed E-state index contributed by atoms with van der Waals surface area (Å²) in [5.41, 5.74) is 1.76. The van der Waals surface area contributed by atoms with Gasteiger partial charge < -0.3 is 10.1 Å². The van der Waals surface area contributed by atoms with E-state index in [-0.39, 0.29) is 24.4 Å². The topological polar surface area (TPSA) is 55.4 Å². The molecule has 0 saturated carbocycles. The van der Waals surface area contributed by atoms with E-state index in [1.807, 2.05) is 31.2 Å². The number of hydrogen-bond acceptors (Lipinski definition) is 3. The Bertz CT molecular complexity index is 569. The number of carbonyl (C=O) groups is 2. The highest BCUT2D eigenvalue weighted by Crippen LogP contribution is 2.21. The molecule has 0 unspecified atom stereocenters. The molecule has 1 amide bonds. The maximum atomic E-state index is 11.8. The van der Waals surface area contributed by atoms with Crippen LogP contribution in [-0.2, 0) is 14.3 Å². The average molecular weight is 352 g/mol. The summed E-state index contributed by atoms with van der Waals surface area (Å²) in [5.74, 6) is -0.735. The monoisotopic (exact) mass is 351 g/mol. The normalized spacial score (nSPS) is 17.3. The van der Waals surface area contributed by atoms with Gasteiger partial charge in [-0.3, -0.25) is 9.59 Å². The van der Waals surface area contributed by atoms with E-state index in [1.165, 1.54) is 0 Å². The third kappa shape index (κ3) is 4.70. The van der Waals surface area contributed by atoms with E-state index < -0.39 is 0 Å². The van der Waals surface area contributed by atoms with Gasteiger partial charge in [0.1, 0.15) is 0 Å². The maximum Gasteiger partial charge on any atom is 0.309 e. The van der Waals surface area contributed by atoms with Crippen LogP contribution < -0.4 is 5.32 Å². The van der Waals surface area contributed by atoms with Gasteiger partial charge >= 0.3 is 5.97 Å². The molecular formula is C16H18BrNO3. The summed E-state index contributed by atoms with van der Waals surface area (Å²) in [6.45, 7) is 1.72. The highest BCUT2D eigenvalue weighted by atomic mass is 79.9. The molecule has 0 heterocycles. The van der Waals surface area contributed by atoms with E-state index in [0.717, 1.165) is 22.9 Å². The number of nitrogens with one attached hydrogen (secondary N) is 1. The first-order valence-corrected chi connectivity index (χ1v) is 7.73. The molecule has 1 aliphatic rings. The fourth-order valence-corrected chi connectivity index (χ4v) is 2.51. The molecule has 0 fully saturated rings. The molecule has 0 saturated heterocycles. The second-order valence-corrected chi connectivity index (χ2v) is 5.96. The zero-order valence-electron chi connectivity index (χ0n) is 11.9. The SMILES string of the molecule is Cc1ccc(NC(=O)COC(=O)[C@H]2CC=CCC2)cc1Br. The molecule has 4 nitrogen and oxygen atoms in total. The van der Waals surface area contributed by atoms with Crippen molar-refractivity contribution in [1.82, 2.24) is 0 Å².